The number of rotatable bonds is 2. The van der Waals surface area contributed by atoms with Crippen molar-refractivity contribution in [2.75, 3.05) is 0 Å². The molecule has 3 heteroatoms. The maximum atomic E-state index is 7.04. The van der Waals surface area contributed by atoms with Gasteiger partial charge in [-0.3, -0.25) is 0 Å². The molecule has 0 unspecified atom stereocenters. The summed E-state index contributed by atoms with van der Waals surface area (Å²) in [5, 5.41) is 12.5. The Kier molecular flexibility index (Phi) is 3.83. The Hall–Kier alpha value is -5.80. The summed E-state index contributed by atoms with van der Waals surface area (Å²) in [5.41, 5.74) is 8.72. The van der Waals surface area contributed by atoms with Crippen molar-refractivity contribution in [3.05, 3.63) is 133 Å². The molecule has 0 aliphatic rings. The first-order valence-electron chi connectivity index (χ1n) is 14.8. The van der Waals surface area contributed by atoms with Crippen LogP contribution in [0, 0.1) is 0 Å². The first-order valence-corrected chi connectivity index (χ1v) is 14.8. The Morgan fingerprint density at radius 1 is 0.326 bits per heavy atom. The monoisotopic (exact) mass is 546 g/mol. The number of aromatic nitrogens is 2. The minimum Gasteiger partial charge on any atom is -0.452 e. The summed E-state index contributed by atoms with van der Waals surface area (Å²) in [6.07, 6.45) is 0. The maximum absolute atomic E-state index is 7.04. The van der Waals surface area contributed by atoms with E-state index in [1.165, 1.54) is 65.2 Å². The molecule has 0 aliphatic carbocycles. The molecule has 0 saturated carbocycles. The van der Waals surface area contributed by atoms with Crippen molar-refractivity contribution in [1.82, 2.24) is 9.13 Å². The second kappa shape index (κ2) is 7.53. The van der Waals surface area contributed by atoms with Crippen LogP contribution in [-0.2, 0) is 0 Å². The van der Waals surface area contributed by atoms with Gasteiger partial charge >= 0.3 is 0 Å². The third-order valence-corrected chi connectivity index (χ3v) is 9.61. The minimum atomic E-state index is 0.903. The Morgan fingerprint density at radius 3 is 1.00 bits per heavy atom. The van der Waals surface area contributed by atoms with E-state index >= 15 is 0 Å². The van der Waals surface area contributed by atoms with Crippen LogP contribution < -0.4 is 0 Å². The second-order valence-electron chi connectivity index (χ2n) is 11.7. The number of hydrogen-bond acceptors (Lipinski definition) is 1. The average molecular weight is 547 g/mol. The standard InChI is InChI=1S/C40H22N2O/c1-7-23-19-20-24-8-2-14-30-36(24)35(23)29(13-1)41(30)33-17-5-11-27-28-12-6-18-34(40(28)43-39(27)33)42-31-15-3-9-25-21-22-26-10-4-16-32(42)38(26)37(25)31/h1-22H. The summed E-state index contributed by atoms with van der Waals surface area (Å²) in [4.78, 5) is 0. The van der Waals surface area contributed by atoms with Gasteiger partial charge in [0, 0.05) is 32.3 Å². The fourth-order valence-corrected chi connectivity index (χ4v) is 7.90. The lowest BCUT2D eigenvalue weighted by atomic mass is 10.0. The molecule has 43 heavy (non-hydrogen) atoms. The zero-order chi connectivity index (χ0) is 27.8. The summed E-state index contributed by atoms with van der Waals surface area (Å²) >= 11 is 0. The van der Waals surface area contributed by atoms with Gasteiger partial charge in [0.05, 0.1) is 33.4 Å². The zero-order valence-corrected chi connectivity index (χ0v) is 23.0. The van der Waals surface area contributed by atoms with Crippen molar-refractivity contribution >= 4 is 87.1 Å². The van der Waals surface area contributed by atoms with Crippen molar-refractivity contribution in [1.29, 1.82) is 0 Å². The van der Waals surface area contributed by atoms with Crippen LogP contribution in [0.5, 0.6) is 0 Å². The molecule has 3 heterocycles. The normalized spacial score (nSPS) is 12.7. The van der Waals surface area contributed by atoms with Crippen LogP contribution in [0.25, 0.3) is 98.5 Å². The van der Waals surface area contributed by atoms with Crippen LogP contribution >= 0.6 is 0 Å². The number of hydrogen-bond donors (Lipinski definition) is 0. The van der Waals surface area contributed by atoms with E-state index in [2.05, 4.69) is 143 Å². The smallest absolute Gasteiger partial charge is 0.159 e. The van der Waals surface area contributed by atoms with Crippen molar-refractivity contribution in [3.8, 4) is 11.4 Å². The molecule has 0 aliphatic heterocycles. The SMILES string of the molecule is c1cc(-n2c3cccc4ccc5cccc2c5c43)c2oc3c(-n4c5cccc6ccc7cccc4c7c65)cccc3c2c1. The Balaban J connectivity index is 1.28. The molecule has 0 atom stereocenters. The lowest BCUT2D eigenvalue weighted by molar-refractivity contribution is 0.664. The van der Waals surface area contributed by atoms with Crippen molar-refractivity contribution < 1.29 is 4.42 Å². The third kappa shape index (κ3) is 2.58. The fourth-order valence-electron chi connectivity index (χ4n) is 7.90. The summed E-state index contributed by atoms with van der Waals surface area (Å²) in [6, 6.07) is 48.4. The molecule has 3 aromatic heterocycles. The summed E-state index contributed by atoms with van der Waals surface area (Å²) in [6.45, 7) is 0. The summed E-state index contributed by atoms with van der Waals surface area (Å²) in [7, 11) is 0. The molecular formula is C40H22N2O. The summed E-state index contributed by atoms with van der Waals surface area (Å²) in [5.74, 6) is 0. The number of benzene rings is 8. The van der Waals surface area contributed by atoms with Gasteiger partial charge in [0.1, 0.15) is 0 Å². The largest absolute Gasteiger partial charge is 0.452 e. The van der Waals surface area contributed by atoms with Crippen LogP contribution in [0.4, 0.5) is 0 Å². The van der Waals surface area contributed by atoms with Gasteiger partial charge in [0.15, 0.2) is 11.2 Å². The highest BCUT2D eigenvalue weighted by Crippen LogP contribution is 2.44. The van der Waals surface area contributed by atoms with Crippen molar-refractivity contribution in [2.24, 2.45) is 0 Å². The quantitative estimate of drug-likeness (QED) is 0.198. The van der Waals surface area contributed by atoms with Crippen LogP contribution in [0.2, 0.25) is 0 Å². The highest BCUT2D eigenvalue weighted by atomic mass is 16.3. The molecule has 0 amide bonds. The van der Waals surface area contributed by atoms with E-state index < -0.39 is 0 Å². The van der Waals surface area contributed by atoms with E-state index in [-0.39, 0.29) is 0 Å². The van der Waals surface area contributed by atoms with Gasteiger partial charge in [-0.1, -0.05) is 97.1 Å². The molecule has 0 spiro atoms. The van der Waals surface area contributed by atoms with Gasteiger partial charge < -0.3 is 13.6 Å². The zero-order valence-electron chi connectivity index (χ0n) is 23.0. The van der Waals surface area contributed by atoms with Gasteiger partial charge in [-0.25, -0.2) is 0 Å². The second-order valence-corrected chi connectivity index (χ2v) is 11.7. The lowest BCUT2D eigenvalue weighted by Gasteiger charge is -2.09. The van der Waals surface area contributed by atoms with Crippen molar-refractivity contribution in [2.45, 2.75) is 0 Å². The Bertz CT molecular complexity index is 2560. The van der Waals surface area contributed by atoms with Crippen LogP contribution in [0.3, 0.4) is 0 Å². The van der Waals surface area contributed by atoms with Crippen LogP contribution in [0.1, 0.15) is 0 Å². The van der Waals surface area contributed by atoms with Crippen molar-refractivity contribution in [3.63, 3.8) is 0 Å². The molecular weight excluding hydrogens is 524 g/mol. The van der Waals surface area contributed by atoms with E-state index in [4.69, 9.17) is 4.42 Å². The van der Waals surface area contributed by atoms with E-state index in [1.54, 1.807) is 0 Å². The third-order valence-electron chi connectivity index (χ3n) is 9.61. The first-order chi connectivity index (χ1) is 21.3. The van der Waals surface area contributed by atoms with Gasteiger partial charge in [0.25, 0.3) is 0 Å². The van der Waals surface area contributed by atoms with Gasteiger partial charge in [-0.15, -0.1) is 0 Å². The summed E-state index contributed by atoms with van der Waals surface area (Å²) < 4.78 is 11.8. The van der Waals surface area contributed by atoms with E-state index in [9.17, 15) is 0 Å². The average Bonchev–Trinajstić information content (AvgIpc) is 3.72. The molecule has 0 N–H and O–H groups in total. The Morgan fingerprint density at radius 2 is 0.651 bits per heavy atom. The first kappa shape index (κ1) is 21.9. The minimum absolute atomic E-state index is 0.903. The molecule has 11 rings (SSSR count). The number of furan rings is 1. The number of nitrogens with zero attached hydrogens (tertiary/aromatic N) is 2. The molecule has 8 aromatic carbocycles. The van der Waals surface area contributed by atoms with Gasteiger partial charge in [-0.2, -0.15) is 0 Å². The molecule has 198 valence electrons. The van der Waals surface area contributed by atoms with E-state index in [1.807, 2.05) is 0 Å². The highest BCUT2D eigenvalue weighted by molar-refractivity contribution is 6.26. The molecule has 0 fully saturated rings. The van der Waals surface area contributed by atoms with Crippen LogP contribution in [0.15, 0.2) is 138 Å². The highest BCUT2D eigenvalue weighted by Gasteiger charge is 2.22. The molecule has 0 saturated heterocycles. The molecule has 11 aromatic rings. The van der Waals surface area contributed by atoms with Crippen LogP contribution in [-0.4, -0.2) is 9.13 Å². The van der Waals surface area contributed by atoms with E-state index in [0.717, 1.165) is 33.3 Å². The molecule has 0 radical (unpaired) electrons. The topological polar surface area (TPSA) is 23.0 Å². The molecule has 0 bridgehead atoms. The van der Waals surface area contributed by atoms with Gasteiger partial charge in [0.2, 0.25) is 0 Å². The number of para-hydroxylation sites is 2. The maximum Gasteiger partial charge on any atom is 0.159 e. The predicted molar refractivity (Wildman–Crippen MR) is 180 cm³/mol. The number of fused-ring (bicyclic) bond motifs is 3. The fraction of sp³-hybridized carbons (Fsp3) is 0. The lowest BCUT2D eigenvalue weighted by Crippen LogP contribution is -1.94. The van der Waals surface area contributed by atoms with E-state index in [0.29, 0.717) is 0 Å². The molecule has 3 nitrogen and oxygen atoms in total. The Labute approximate surface area is 245 Å². The predicted octanol–water partition coefficient (Wildman–Crippen LogP) is 11.0. The van der Waals surface area contributed by atoms with Gasteiger partial charge in [-0.05, 0) is 57.9 Å².